The van der Waals surface area contributed by atoms with E-state index in [4.69, 9.17) is 9.52 Å². The van der Waals surface area contributed by atoms with Gasteiger partial charge in [-0.3, -0.25) is 9.59 Å². The Kier molecular flexibility index (Phi) is 4.65. The van der Waals surface area contributed by atoms with Gasteiger partial charge in [-0.15, -0.1) is 0 Å². The quantitative estimate of drug-likeness (QED) is 0.920. The highest BCUT2D eigenvalue weighted by molar-refractivity contribution is 6.05. The lowest BCUT2D eigenvalue weighted by molar-refractivity contribution is -0.140. The number of carboxylic acids is 1. The molecule has 0 saturated heterocycles. The van der Waals surface area contributed by atoms with Crippen LogP contribution in [0, 0.1) is 19.8 Å². The molecule has 22 heavy (non-hydrogen) atoms. The Morgan fingerprint density at radius 2 is 2.00 bits per heavy atom. The molecule has 0 fully saturated rings. The molecule has 0 radical (unpaired) electrons. The molecule has 1 aromatic carbocycles. The van der Waals surface area contributed by atoms with Crippen LogP contribution in [0.25, 0.3) is 0 Å². The molecule has 1 amide bonds. The fourth-order valence-electron chi connectivity index (χ4n) is 2.28. The van der Waals surface area contributed by atoms with Gasteiger partial charge in [-0.2, -0.15) is 0 Å². The molecule has 1 N–H and O–H groups in total. The van der Waals surface area contributed by atoms with Gasteiger partial charge in [0, 0.05) is 12.2 Å². The molecule has 0 aliphatic carbocycles. The van der Waals surface area contributed by atoms with Gasteiger partial charge in [0.05, 0.1) is 12.2 Å². The summed E-state index contributed by atoms with van der Waals surface area (Å²) >= 11 is 0. The molecule has 1 unspecified atom stereocenters. The molecule has 2 rings (SSSR count). The van der Waals surface area contributed by atoms with Gasteiger partial charge in [0.15, 0.2) is 5.76 Å². The van der Waals surface area contributed by atoms with Gasteiger partial charge in [0.1, 0.15) is 0 Å². The van der Waals surface area contributed by atoms with E-state index in [0.717, 1.165) is 11.1 Å². The lowest BCUT2D eigenvalue weighted by Gasteiger charge is -2.25. The normalized spacial score (nSPS) is 12.0. The molecule has 0 aliphatic heterocycles. The highest BCUT2D eigenvalue weighted by Crippen LogP contribution is 2.24. The number of nitrogens with zero attached hydrogens (tertiary/aromatic N) is 1. The molecule has 0 aliphatic rings. The van der Waals surface area contributed by atoms with Crippen molar-refractivity contribution >= 4 is 17.6 Å². The Labute approximate surface area is 129 Å². The largest absolute Gasteiger partial charge is 0.481 e. The van der Waals surface area contributed by atoms with Crippen LogP contribution in [0.15, 0.2) is 41.0 Å². The van der Waals surface area contributed by atoms with Gasteiger partial charge in [-0.1, -0.05) is 24.6 Å². The lowest BCUT2D eigenvalue weighted by atomic mass is 10.1. The summed E-state index contributed by atoms with van der Waals surface area (Å²) in [6.07, 6.45) is 1.42. The topological polar surface area (TPSA) is 70.8 Å². The molecule has 5 nitrogen and oxygen atoms in total. The third-order valence-corrected chi connectivity index (χ3v) is 3.50. The molecule has 0 spiro atoms. The fraction of sp³-hybridized carbons (Fsp3) is 0.294. The van der Waals surface area contributed by atoms with E-state index in [0.29, 0.717) is 5.69 Å². The second-order valence-electron chi connectivity index (χ2n) is 5.42. The van der Waals surface area contributed by atoms with Crippen LogP contribution in [0.5, 0.6) is 0 Å². The Hall–Kier alpha value is -2.56. The minimum atomic E-state index is -0.943. The molecule has 2 aromatic rings. The van der Waals surface area contributed by atoms with Crippen LogP contribution in [0.3, 0.4) is 0 Å². The van der Waals surface area contributed by atoms with Crippen LogP contribution in [0.4, 0.5) is 5.69 Å². The fourth-order valence-corrected chi connectivity index (χ4v) is 2.28. The van der Waals surface area contributed by atoms with Crippen LogP contribution in [-0.2, 0) is 4.79 Å². The monoisotopic (exact) mass is 301 g/mol. The minimum Gasteiger partial charge on any atom is -0.481 e. The van der Waals surface area contributed by atoms with Crippen LogP contribution >= 0.6 is 0 Å². The summed E-state index contributed by atoms with van der Waals surface area (Å²) in [4.78, 5) is 25.3. The van der Waals surface area contributed by atoms with Crippen LogP contribution < -0.4 is 4.90 Å². The number of benzene rings is 1. The number of aryl methyl sites for hydroxylation is 2. The first-order valence-electron chi connectivity index (χ1n) is 7.05. The lowest BCUT2D eigenvalue weighted by Crippen LogP contribution is -2.37. The van der Waals surface area contributed by atoms with E-state index in [2.05, 4.69) is 0 Å². The third kappa shape index (κ3) is 3.36. The zero-order valence-electron chi connectivity index (χ0n) is 12.9. The van der Waals surface area contributed by atoms with Crippen molar-refractivity contribution < 1.29 is 19.1 Å². The number of anilines is 1. The van der Waals surface area contributed by atoms with Crippen LogP contribution in [-0.4, -0.2) is 23.5 Å². The second kappa shape index (κ2) is 6.47. The number of aliphatic carboxylic acids is 1. The molecule has 116 valence electrons. The highest BCUT2D eigenvalue weighted by Gasteiger charge is 2.25. The summed E-state index contributed by atoms with van der Waals surface area (Å²) in [5, 5.41) is 9.14. The minimum absolute atomic E-state index is 0.0821. The number of furan rings is 1. The predicted molar refractivity (Wildman–Crippen MR) is 83.1 cm³/mol. The Balaban J connectivity index is 2.40. The van der Waals surface area contributed by atoms with Gasteiger partial charge < -0.3 is 14.4 Å². The number of carboxylic acid groups (broad SMARTS) is 1. The zero-order valence-corrected chi connectivity index (χ0v) is 12.9. The maximum Gasteiger partial charge on any atom is 0.308 e. The van der Waals surface area contributed by atoms with Gasteiger partial charge in [-0.25, -0.2) is 0 Å². The summed E-state index contributed by atoms with van der Waals surface area (Å²) < 4.78 is 5.16. The van der Waals surface area contributed by atoms with E-state index in [1.54, 1.807) is 19.1 Å². The third-order valence-electron chi connectivity index (χ3n) is 3.50. The van der Waals surface area contributed by atoms with E-state index in [1.165, 1.54) is 11.2 Å². The molecule has 5 heteroatoms. The molecule has 0 bridgehead atoms. The number of hydrogen-bond donors (Lipinski definition) is 1. The molecule has 1 atom stereocenters. The van der Waals surface area contributed by atoms with Crippen molar-refractivity contribution in [2.45, 2.75) is 20.8 Å². The van der Waals surface area contributed by atoms with Crippen molar-refractivity contribution in [1.29, 1.82) is 0 Å². The highest BCUT2D eigenvalue weighted by atomic mass is 16.4. The van der Waals surface area contributed by atoms with Crippen LogP contribution in [0.2, 0.25) is 0 Å². The van der Waals surface area contributed by atoms with Crippen molar-refractivity contribution in [2.24, 2.45) is 5.92 Å². The maximum atomic E-state index is 12.6. The first-order valence-corrected chi connectivity index (χ1v) is 7.05. The van der Waals surface area contributed by atoms with Crippen LogP contribution in [0.1, 0.15) is 28.6 Å². The molecular weight excluding hydrogens is 282 g/mol. The van der Waals surface area contributed by atoms with E-state index in [-0.39, 0.29) is 18.2 Å². The average molecular weight is 301 g/mol. The number of carbonyl (C=O) groups is 2. The van der Waals surface area contributed by atoms with Crippen molar-refractivity contribution in [3.63, 3.8) is 0 Å². The Bertz CT molecular complexity index is 676. The molecule has 0 saturated carbocycles. The van der Waals surface area contributed by atoms with Gasteiger partial charge >= 0.3 is 5.97 Å². The van der Waals surface area contributed by atoms with Gasteiger partial charge in [0.2, 0.25) is 0 Å². The van der Waals surface area contributed by atoms with Crippen molar-refractivity contribution in [1.82, 2.24) is 0 Å². The van der Waals surface area contributed by atoms with E-state index >= 15 is 0 Å². The second-order valence-corrected chi connectivity index (χ2v) is 5.42. The van der Waals surface area contributed by atoms with E-state index in [9.17, 15) is 9.59 Å². The first kappa shape index (κ1) is 15.8. The summed E-state index contributed by atoms with van der Waals surface area (Å²) in [6.45, 7) is 5.53. The number of amides is 1. The van der Waals surface area contributed by atoms with Gasteiger partial charge in [0.25, 0.3) is 5.91 Å². The summed E-state index contributed by atoms with van der Waals surface area (Å²) in [5.74, 6) is -1.77. The van der Waals surface area contributed by atoms with Crippen molar-refractivity contribution in [2.75, 3.05) is 11.4 Å². The summed E-state index contributed by atoms with van der Waals surface area (Å²) in [7, 11) is 0. The number of hydrogen-bond acceptors (Lipinski definition) is 3. The smallest absolute Gasteiger partial charge is 0.308 e. The molecule has 1 heterocycles. The van der Waals surface area contributed by atoms with Crippen molar-refractivity contribution in [3.8, 4) is 0 Å². The molecule has 1 aromatic heterocycles. The maximum absolute atomic E-state index is 12.6. The Morgan fingerprint density at radius 3 is 2.55 bits per heavy atom. The van der Waals surface area contributed by atoms with Gasteiger partial charge in [-0.05, 0) is 37.6 Å². The first-order chi connectivity index (χ1) is 10.4. The average Bonchev–Trinajstić information content (AvgIpc) is 2.98. The number of carbonyl (C=O) groups excluding carboxylic acids is 1. The van der Waals surface area contributed by atoms with E-state index < -0.39 is 11.9 Å². The summed E-state index contributed by atoms with van der Waals surface area (Å²) in [6, 6.07) is 8.90. The van der Waals surface area contributed by atoms with E-state index in [1.807, 2.05) is 32.0 Å². The summed E-state index contributed by atoms with van der Waals surface area (Å²) in [5.41, 5.74) is 2.69. The molecular formula is C17H19NO4. The SMILES string of the molecule is Cc1ccc(N(CC(C)C(=O)O)C(=O)c2ccco2)c(C)c1. The standard InChI is InChI=1S/C17H19NO4/c1-11-6-7-14(12(2)9-11)18(10-13(3)17(20)21)16(19)15-5-4-8-22-15/h4-9,13H,10H2,1-3H3,(H,20,21). The number of rotatable bonds is 5. The predicted octanol–water partition coefficient (Wildman–Crippen LogP) is 3.26. The Morgan fingerprint density at radius 1 is 1.27 bits per heavy atom. The zero-order chi connectivity index (χ0) is 16.3. The van der Waals surface area contributed by atoms with Crippen molar-refractivity contribution in [3.05, 3.63) is 53.5 Å².